The summed E-state index contributed by atoms with van der Waals surface area (Å²) in [4.78, 5) is 1.18. The highest BCUT2D eigenvalue weighted by molar-refractivity contribution is 9.13. The third-order valence-electron chi connectivity index (χ3n) is 2.61. The van der Waals surface area contributed by atoms with Crippen molar-refractivity contribution in [3.8, 4) is 0 Å². The maximum absolute atomic E-state index is 6.20. The Morgan fingerprint density at radius 2 is 2.27 bits per heavy atom. The zero-order valence-corrected chi connectivity index (χ0v) is 12.2. The van der Waals surface area contributed by atoms with Crippen molar-refractivity contribution in [2.75, 3.05) is 6.61 Å². The van der Waals surface area contributed by atoms with Gasteiger partial charge in [-0.05, 0) is 57.2 Å². The largest absolute Gasteiger partial charge is 0.376 e. The van der Waals surface area contributed by atoms with Crippen LogP contribution in [0.5, 0.6) is 0 Å². The molecule has 0 saturated carbocycles. The van der Waals surface area contributed by atoms with Crippen LogP contribution in [0.3, 0.4) is 0 Å². The van der Waals surface area contributed by atoms with Gasteiger partial charge in [-0.25, -0.2) is 0 Å². The Bertz CT molecular complexity index is 317. The normalized spacial score (nSPS) is 24.1. The lowest BCUT2D eigenvalue weighted by molar-refractivity contribution is 0.000663. The highest BCUT2D eigenvalue weighted by atomic mass is 79.9. The summed E-state index contributed by atoms with van der Waals surface area (Å²) >= 11 is 8.64. The standard InChI is InChI=1S/C10H13Br2NOS/c11-6-5-8(15-10(6)12)9(13)7-3-1-2-4-14-7/h5,7,9H,1-4,13H2. The second-order valence-corrected chi connectivity index (χ2v) is 6.96. The van der Waals surface area contributed by atoms with E-state index in [0.29, 0.717) is 0 Å². The Kier molecular flexibility index (Phi) is 4.24. The third-order valence-corrected chi connectivity index (χ3v) is 5.97. The van der Waals surface area contributed by atoms with E-state index in [9.17, 15) is 0 Å². The number of rotatable bonds is 2. The molecule has 15 heavy (non-hydrogen) atoms. The molecule has 2 atom stereocenters. The van der Waals surface area contributed by atoms with Crippen LogP contribution in [0.4, 0.5) is 0 Å². The van der Waals surface area contributed by atoms with Crippen LogP contribution in [0.15, 0.2) is 14.3 Å². The Hall–Kier alpha value is 0.580. The summed E-state index contributed by atoms with van der Waals surface area (Å²) in [6.45, 7) is 0.853. The molecular formula is C10H13Br2NOS. The van der Waals surface area contributed by atoms with Gasteiger partial charge in [-0.1, -0.05) is 0 Å². The van der Waals surface area contributed by atoms with Crippen LogP contribution in [-0.2, 0) is 4.74 Å². The predicted molar refractivity (Wildman–Crippen MR) is 70.2 cm³/mol. The third kappa shape index (κ3) is 2.82. The molecule has 0 bridgehead atoms. The SMILES string of the molecule is NC(c1cc(Br)c(Br)s1)C1CCCCO1. The molecule has 2 N–H and O–H groups in total. The first-order valence-corrected chi connectivity index (χ1v) is 7.40. The van der Waals surface area contributed by atoms with Crippen LogP contribution < -0.4 is 5.73 Å². The van der Waals surface area contributed by atoms with Gasteiger partial charge >= 0.3 is 0 Å². The van der Waals surface area contributed by atoms with Crippen LogP contribution in [0.2, 0.25) is 0 Å². The van der Waals surface area contributed by atoms with E-state index in [1.54, 1.807) is 11.3 Å². The maximum Gasteiger partial charge on any atom is 0.0843 e. The van der Waals surface area contributed by atoms with Crippen molar-refractivity contribution in [2.24, 2.45) is 5.73 Å². The number of thiophene rings is 1. The number of nitrogens with two attached hydrogens (primary N) is 1. The van der Waals surface area contributed by atoms with Crippen LogP contribution in [-0.4, -0.2) is 12.7 Å². The number of halogens is 2. The van der Waals surface area contributed by atoms with Crippen LogP contribution in [0.1, 0.15) is 30.2 Å². The molecule has 0 spiro atoms. The van der Waals surface area contributed by atoms with Gasteiger partial charge in [0.1, 0.15) is 0 Å². The van der Waals surface area contributed by atoms with E-state index in [2.05, 4.69) is 37.9 Å². The average Bonchev–Trinajstić information content (AvgIpc) is 2.59. The lowest BCUT2D eigenvalue weighted by Gasteiger charge is -2.27. The fourth-order valence-electron chi connectivity index (χ4n) is 1.76. The van der Waals surface area contributed by atoms with Crippen molar-refractivity contribution in [3.05, 3.63) is 19.2 Å². The molecule has 1 fully saturated rings. The van der Waals surface area contributed by atoms with Crippen molar-refractivity contribution in [2.45, 2.75) is 31.4 Å². The Balaban J connectivity index is 2.08. The minimum atomic E-state index is 0.0119. The zero-order valence-electron chi connectivity index (χ0n) is 8.21. The molecule has 2 heterocycles. The van der Waals surface area contributed by atoms with Crippen molar-refractivity contribution < 1.29 is 4.74 Å². The highest BCUT2D eigenvalue weighted by Crippen LogP contribution is 2.37. The summed E-state index contributed by atoms with van der Waals surface area (Å²) in [7, 11) is 0. The van der Waals surface area contributed by atoms with Crippen molar-refractivity contribution in [1.82, 2.24) is 0 Å². The van der Waals surface area contributed by atoms with Crippen molar-refractivity contribution in [3.63, 3.8) is 0 Å². The predicted octanol–water partition coefficient (Wildman–Crippen LogP) is 3.84. The van der Waals surface area contributed by atoms with Crippen LogP contribution in [0.25, 0.3) is 0 Å². The fraction of sp³-hybridized carbons (Fsp3) is 0.600. The summed E-state index contributed by atoms with van der Waals surface area (Å²) in [6, 6.07) is 2.09. The van der Waals surface area contributed by atoms with Crippen molar-refractivity contribution in [1.29, 1.82) is 0 Å². The summed E-state index contributed by atoms with van der Waals surface area (Å²) in [5.41, 5.74) is 6.20. The van der Waals surface area contributed by atoms with E-state index in [1.165, 1.54) is 17.7 Å². The Morgan fingerprint density at radius 3 is 2.80 bits per heavy atom. The topological polar surface area (TPSA) is 35.2 Å². The molecule has 2 unspecified atom stereocenters. The molecular weight excluding hydrogens is 342 g/mol. The lowest BCUT2D eigenvalue weighted by Crippen LogP contribution is -2.31. The van der Waals surface area contributed by atoms with Gasteiger partial charge in [0.15, 0.2) is 0 Å². The number of hydrogen-bond donors (Lipinski definition) is 1. The number of ether oxygens (including phenoxy) is 1. The van der Waals surface area contributed by atoms with Crippen LogP contribution in [0, 0.1) is 0 Å². The Labute approximate surface area is 110 Å². The van der Waals surface area contributed by atoms with Crippen molar-refractivity contribution >= 4 is 43.2 Å². The zero-order chi connectivity index (χ0) is 10.8. The van der Waals surface area contributed by atoms with Gasteiger partial charge in [-0.3, -0.25) is 0 Å². The Morgan fingerprint density at radius 1 is 1.47 bits per heavy atom. The summed E-state index contributed by atoms with van der Waals surface area (Å²) in [5.74, 6) is 0. The lowest BCUT2D eigenvalue weighted by atomic mass is 10.0. The van der Waals surface area contributed by atoms with Gasteiger partial charge in [0, 0.05) is 16.0 Å². The van der Waals surface area contributed by atoms with Gasteiger partial charge < -0.3 is 10.5 Å². The maximum atomic E-state index is 6.20. The number of hydrogen-bond acceptors (Lipinski definition) is 3. The molecule has 1 saturated heterocycles. The first kappa shape index (κ1) is 12.0. The molecule has 0 radical (unpaired) electrons. The molecule has 84 valence electrons. The highest BCUT2D eigenvalue weighted by Gasteiger charge is 2.24. The molecule has 0 aliphatic carbocycles. The monoisotopic (exact) mass is 353 g/mol. The van der Waals surface area contributed by atoms with Gasteiger partial charge in [0.2, 0.25) is 0 Å². The van der Waals surface area contributed by atoms with Crippen LogP contribution >= 0.6 is 43.2 Å². The van der Waals surface area contributed by atoms with E-state index in [1.807, 2.05) is 0 Å². The fourth-order valence-corrected chi connectivity index (χ4v) is 3.90. The van der Waals surface area contributed by atoms with E-state index in [-0.39, 0.29) is 12.1 Å². The van der Waals surface area contributed by atoms with E-state index in [4.69, 9.17) is 10.5 Å². The molecule has 1 aromatic rings. The second-order valence-electron chi connectivity index (χ2n) is 3.70. The second kappa shape index (κ2) is 5.27. The van der Waals surface area contributed by atoms with E-state index >= 15 is 0 Å². The van der Waals surface area contributed by atoms with Gasteiger partial charge in [0.25, 0.3) is 0 Å². The molecule has 1 aliphatic heterocycles. The summed E-state index contributed by atoms with van der Waals surface area (Å²) in [6.07, 6.45) is 3.66. The molecule has 5 heteroatoms. The summed E-state index contributed by atoms with van der Waals surface area (Å²) < 4.78 is 7.87. The average molecular weight is 355 g/mol. The first-order valence-electron chi connectivity index (χ1n) is 5.00. The smallest absolute Gasteiger partial charge is 0.0843 e. The quantitative estimate of drug-likeness (QED) is 0.875. The minimum absolute atomic E-state index is 0.0119. The summed E-state index contributed by atoms with van der Waals surface area (Å²) in [5, 5.41) is 0. The molecule has 1 aliphatic rings. The molecule has 2 nitrogen and oxygen atoms in total. The first-order chi connectivity index (χ1) is 7.18. The van der Waals surface area contributed by atoms with Gasteiger partial charge in [-0.2, -0.15) is 0 Å². The molecule has 0 aromatic carbocycles. The molecule has 0 amide bonds. The molecule has 2 rings (SSSR count). The van der Waals surface area contributed by atoms with E-state index in [0.717, 1.165) is 21.3 Å². The van der Waals surface area contributed by atoms with Gasteiger partial charge in [-0.15, -0.1) is 11.3 Å². The minimum Gasteiger partial charge on any atom is -0.376 e. The van der Waals surface area contributed by atoms with Gasteiger partial charge in [0.05, 0.1) is 15.9 Å². The van der Waals surface area contributed by atoms with E-state index < -0.39 is 0 Å². The molecule has 1 aromatic heterocycles.